The van der Waals surface area contributed by atoms with E-state index in [0.717, 1.165) is 31.9 Å². The molecule has 134 valence electrons. The van der Waals surface area contributed by atoms with Crippen LogP contribution in [0.3, 0.4) is 0 Å². The van der Waals surface area contributed by atoms with E-state index in [1.54, 1.807) is 7.05 Å². The van der Waals surface area contributed by atoms with Gasteiger partial charge in [0, 0.05) is 25.7 Å². The molecule has 0 spiro atoms. The van der Waals surface area contributed by atoms with Crippen molar-refractivity contribution in [3.8, 4) is 0 Å². The van der Waals surface area contributed by atoms with E-state index in [1.165, 1.54) is 0 Å². The van der Waals surface area contributed by atoms with E-state index >= 15 is 0 Å². The first-order chi connectivity index (χ1) is 10.5. The SMILES string of the molecule is CN=C(NCC(=O)NC(C)(C)C)N1CCC(OC(C)(C)C)CC1. The van der Waals surface area contributed by atoms with Gasteiger partial charge in [0.1, 0.15) is 0 Å². The Labute approximate surface area is 141 Å². The van der Waals surface area contributed by atoms with Crippen LogP contribution in [0.1, 0.15) is 54.4 Å². The molecule has 0 aromatic rings. The zero-order chi connectivity index (χ0) is 17.7. The lowest BCUT2D eigenvalue weighted by Gasteiger charge is -2.36. The quantitative estimate of drug-likeness (QED) is 0.613. The highest BCUT2D eigenvalue weighted by molar-refractivity contribution is 5.86. The normalized spacial score (nSPS) is 18.0. The zero-order valence-electron chi connectivity index (χ0n) is 15.8. The van der Waals surface area contributed by atoms with Crippen molar-refractivity contribution in [2.24, 2.45) is 4.99 Å². The second kappa shape index (κ2) is 7.99. The molecular formula is C17H34N4O2. The van der Waals surface area contributed by atoms with Crippen molar-refractivity contribution in [3.05, 3.63) is 0 Å². The van der Waals surface area contributed by atoms with Crippen molar-refractivity contribution < 1.29 is 9.53 Å². The molecule has 0 bridgehead atoms. The van der Waals surface area contributed by atoms with Gasteiger partial charge in [-0.25, -0.2) is 0 Å². The molecule has 2 N–H and O–H groups in total. The second-order valence-corrected chi connectivity index (χ2v) is 8.12. The lowest BCUT2D eigenvalue weighted by Crippen LogP contribution is -2.51. The van der Waals surface area contributed by atoms with E-state index in [2.05, 4.69) is 41.3 Å². The lowest BCUT2D eigenvalue weighted by molar-refractivity contribution is -0.121. The van der Waals surface area contributed by atoms with Gasteiger partial charge >= 0.3 is 0 Å². The first-order valence-electron chi connectivity index (χ1n) is 8.44. The number of guanidine groups is 1. The summed E-state index contributed by atoms with van der Waals surface area (Å²) in [6.45, 7) is 14.2. The summed E-state index contributed by atoms with van der Waals surface area (Å²) in [6, 6.07) is 0. The van der Waals surface area contributed by atoms with Gasteiger partial charge in [0.2, 0.25) is 5.91 Å². The average Bonchev–Trinajstić information content (AvgIpc) is 2.37. The third-order valence-electron chi connectivity index (χ3n) is 3.40. The van der Waals surface area contributed by atoms with Crippen LogP contribution < -0.4 is 10.6 Å². The van der Waals surface area contributed by atoms with Gasteiger partial charge in [0.05, 0.1) is 18.2 Å². The highest BCUT2D eigenvalue weighted by Crippen LogP contribution is 2.20. The molecule has 6 nitrogen and oxygen atoms in total. The van der Waals surface area contributed by atoms with Crippen molar-refractivity contribution in [1.29, 1.82) is 0 Å². The number of hydrogen-bond acceptors (Lipinski definition) is 3. The fourth-order valence-corrected chi connectivity index (χ4v) is 2.64. The molecule has 0 aromatic heterocycles. The van der Waals surface area contributed by atoms with Gasteiger partial charge in [-0.1, -0.05) is 0 Å². The number of nitrogens with zero attached hydrogens (tertiary/aromatic N) is 2. The standard InChI is InChI=1S/C17H34N4O2/c1-16(2,3)20-14(22)12-19-15(18-7)21-10-8-13(9-11-21)23-17(4,5)6/h13H,8-12H2,1-7H3,(H,18,19)(H,20,22). The summed E-state index contributed by atoms with van der Waals surface area (Å²) in [4.78, 5) is 18.4. The minimum absolute atomic E-state index is 0.0235. The van der Waals surface area contributed by atoms with Crippen LogP contribution in [0.4, 0.5) is 0 Å². The maximum absolute atomic E-state index is 11.9. The number of ether oxygens (including phenoxy) is 1. The van der Waals surface area contributed by atoms with E-state index in [1.807, 2.05) is 20.8 Å². The molecule has 1 rings (SSSR count). The van der Waals surface area contributed by atoms with Crippen LogP contribution in [0.5, 0.6) is 0 Å². The summed E-state index contributed by atoms with van der Waals surface area (Å²) in [5.41, 5.74) is -0.317. The monoisotopic (exact) mass is 326 g/mol. The Morgan fingerprint density at radius 2 is 1.74 bits per heavy atom. The molecule has 0 atom stereocenters. The van der Waals surface area contributed by atoms with Crippen molar-refractivity contribution in [2.75, 3.05) is 26.7 Å². The zero-order valence-corrected chi connectivity index (χ0v) is 15.8. The highest BCUT2D eigenvalue weighted by atomic mass is 16.5. The third kappa shape index (κ3) is 8.21. The largest absolute Gasteiger partial charge is 0.372 e. The van der Waals surface area contributed by atoms with Crippen LogP contribution in [0.25, 0.3) is 0 Å². The Morgan fingerprint density at radius 3 is 2.17 bits per heavy atom. The number of hydrogen-bond donors (Lipinski definition) is 2. The van der Waals surface area contributed by atoms with Crippen molar-refractivity contribution in [1.82, 2.24) is 15.5 Å². The molecule has 1 saturated heterocycles. The smallest absolute Gasteiger partial charge is 0.239 e. The van der Waals surface area contributed by atoms with E-state index in [0.29, 0.717) is 6.10 Å². The van der Waals surface area contributed by atoms with Crippen molar-refractivity contribution in [2.45, 2.75) is 71.6 Å². The van der Waals surface area contributed by atoms with E-state index in [4.69, 9.17) is 4.74 Å². The van der Waals surface area contributed by atoms with Crippen LogP contribution in [0, 0.1) is 0 Å². The van der Waals surface area contributed by atoms with Crippen molar-refractivity contribution in [3.63, 3.8) is 0 Å². The molecule has 1 amide bonds. The average molecular weight is 326 g/mol. The van der Waals surface area contributed by atoms with E-state index < -0.39 is 0 Å². The number of likely N-dealkylation sites (tertiary alicyclic amines) is 1. The summed E-state index contributed by atoms with van der Waals surface area (Å²) in [5.74, 6) is 0.757. The van der Waals surface area contributed by atoms with Crippen LogP contribution in [0.15, 0.2) is 4.99 Å². The van der Waals surface area contributed by atoms with Crippen LogP contribution in [-0.4, -0.2) is 60.7 Å². The molecule has 1 aliphatic heterocycles. The molecule has 23 heavy (non-hydrogen) atoms. The van der Waals surface area contributed by atoms with Gasteiger partial charge in [0.15, 0.2) is 5.96 Å². The Balaban J connectivity index is 2.41. The summed E-state index contributed by atoms with van der Waals surface area (Å²) in [5, 5.41) is 6.09. The number of nitrogens with one attached hydrogen (secondary N) is 2. The second-order valence-electron chi connectivity index (χ2n) is 8.12. The molecule has 1 fully saturated rings. The van der Waals surface area contributed by atoms with E-state index in [-0.39, 0.29) is 23.6 Å². The number of carbonyl (C=O) groups excluding carboxylic acids is 1. The lowest BCUT2D eigenvalue weighted by atomic mass is 10.1. The molecule has 0 aliphatic carbocycles. The van der Waals surface area contributed by atoms with Gasteiger partial charge in [-0.15, -0.1) is 0 Å². The Morgan fingerprint density at radius 1 is 1.17 bits per heavy atom. The molecule has 0 saturated carbocycles. The fraction of sp³-hybridized carbons (Fsp3) is 0.882. The van der Waals surface area contributed by atoms with Gasteiger partial charge in [-0.05, 0) is 54.4 Å². The summed E-state index contributed by atoms with van der Waals surface area (Å²) in [7, 11) is 1.75. The Kier molecular flexibility index (Phi) is 6.86. The van der Waals surface area contributed by atoms with Gasteiger partial charge < -0.3 is 20.3 Å². The summed E-state index contributed by atoms with van der Waals surface area (Å²) in [6.07, 6.45) is 2.26. The molecular weight excluding hydrogens is 292 g/mol. The van der Waals surface area contributed by atoms with E-state index in [9.17, 15) is 4.79 Å². The Bertz CT molecular complexity index is 413. The summed E-state index contributed by atoms with van der Waals surface area (Å²) >= 11 is 0. The fourth-order valence-electron chi connectivity index (χ4n) is 2.64. The topological polar surface area (TPSA) is 66.0 Å². The molecule has 1 aliphatic rings. The predicted molar refractivity (Wildman–Crippen MR) is 94.7 cm³/mol. The third-order valence-corrected chi connectivity index (χ3v) is 3.40. The molecule has 6 heteroatoms. The molecule has 1 heterocycles. The summed E-state index contributed by atoms with van der Waals surface area (Å²) < 4.78 is 6.04. The predicted octanol–water partition coefficient (Wildman–Crippen LogP) is 1.76. The molecule has 0 radical (unpaired) electrons. The van der Waals surface area contributed by atoms with Gasteiger partial charge in [-0.2, -0.15) is 0 Å². The highest BCUT2D eigenvalue weighted by Gasteiger charge is 2.25. The Hall–Kier alpha value is -1.30. The van der Waals surface area contributed by atoms with Gasteiger partial charge in [0.25, 0.3) is 0 Å². The first kappa shape index (κ1) is 19.7. The minimum atomic E-state index is -0.217. The minimum Gasteiger partial charge on any atom is -0.372 e. The van der Waals surface area contributed by atoms with Crippen LogP contribution in [-0.2, 0) is 9.53 Å². The first-order valence-corrected chi connectivity index (χ1v) is 8.44. The number of aliphatic imine (C=N–C) groups is 1. The van der Waals surface area contributed by atoms with Crippen LogP contribution >= 0.6 is 0 Å². The maximum Gasteiger partial charge on any atom is 0.239 e. The molecule has 0 unspecified atom stereocenters. The van der Waals surface area contributed by atoms with Crippen LogP contribution in [0.2, 0.25) is 0 Å². The number of rotatable bonds is 3. The number of amides is 1. The number of carbonyl (C=O) groups is 1. The molecule has 0 aromatic carbocycles. The number of piperidine rings is 1. The maximum atomic E-state index is 11.9. The van der Waals surface area contributed by atoms with Gasteiger partial charge in [-0.3, -0.25) is 9.79 Å². The van der Waals surface area contributed by atoms with Crippen molar-refractivity contribution >= 4 is 11.9 Å².